The summed E-state index contributed by atoms with van der Waals surface area (Å²) in [7, 11) is 0. The molecule has 0 amide bonds. The van der Waals surface area contributed by atoms with Gasteiger partial charge in [-0.05, 0) is 57.7 Å². The molecule has 0 aliphatic heterocycles. The van der Waals surface area contributed by atoms with Crippen LogP contribution in [0.1, 0.15) is 0 Å². The number of halogens is 2. The van der Waals surface area contributed by atoms with Crippen LogP contribution in [0.3, 0.4) is 0 Å². The molecule has 0 bridgehead atoms. The van der Waals surface area contributed by atoms with E-state index in [0.29, 0.717) is 16.5 Å². The Hall–Kier alpha value is -2.49. The van der Waals surface area contributed by atoms with E-state index in [1.54, 1.807) is 6.07 Å². The molecule has 4 heteroatoms. The highest BCUT2D eigenvalue weighted by Crippen LogP contribution is 2.40. The Morgan fingerprint density at radius 3 is 1.77 bits per heavy atom. The predicted octanol–water partition coefficient (Wildman–Crippen LogP) is 7.84. The number of hydrogen-bond donors (Lipinski definition) is 0. The van der Waals surface area contributed by atoms with Crippen LogP contribution in [0, 0.1) is 0 Å². The van der Waals surface area contributed by atoms with Gasteiger partial charge in [-0.15, -0.1) is 0 Å². The zero-order chi connectivity index (χ0) is 17.9. The quantitative estimate of drug-likeness (QED) is 0.331. The van der Waals surface area contributed by atoms with Crippen LogP contribution in [0.5, 0.6) is 23.0 Å². The SMILES string of the molecule is Clc1ccccc1Oc1cccc2cccc(Oc3ccccc3Br)c12. The van der Waals surface area contributed by atoms with Gasteiger partial charge in [0.1, 0.15) is 23.0 Å². The summed E-state index contributed by atoms with van der Waals surface area (Å²) in [4.78, 5) is 0. The Morgan fingerprint density at radius 2 is 1.12 bits per heavy atom. The van der Waals surface area contributed by atoms with E-state index in [2.05, 4.69) is 15.9 Å². The van der Waals surface area contributed by atoms with Crippen molar-refractivity contribution in [1.82, 2.24) is 0 Å². The van der Waals surface area contributed by atoms with Crippen molar-refractivity contribution >= 4 is 38.3 Å². The molecule has 0 atom stereocenters. The first-order valence-electron chi connectivity index (χ1n) is 8.09. The first-order valence-corrected chi connectivity index (χ1v) is 9.26. The van der Waals surface area contributed by atoms with Gasteiger partial charge >= 0.3 is 0 Å². The van der Waals surface area contributed by atoms with E-state index in [-0.39, 0.29) is 0 Å². The molecule has 4 aromatic rings. The van der Waals surface area contributed by atoms with Crippen LogP contribution in [0.25, 0.3) is 10.8 Å². The van der Waals surface area contributed by atoms with E-state index in [0.717, 1.165) is 26.7 Å². The third-order valence-corrected chi connectivity index (χ3v) is 4.91. The van der Waals surface area contributed by atoms with E-state index < -0.39 is 0 Å². The first-order chi connectivity index (χ1) is 12.7. The molecular weight excluding hydrogens is 412 g/mol. The Balaban J connectivity index is 1.82. The lowest BCUT2D eigenvalue weighted by atomic mass is 10.1. The second kappa shape index (κ2) is 7.40. The molecule has 0 aliphatic carbocycles. The largest absolute Gasteiger partial charge is 0.455 e. The minimum Gasteiger partial charge on any atom is -0.455 e. The molecule has 0 aliphatic rings. The Labute approximate surface area is 165 Å². The summed E-state index contributed by atoms with van der Waals surface area (Å²) in [6, 6.07) is 27.0. The van der Waals surface area contributed by atoms with Crippen LogP contribution in [-0.4, -0.2) is 0 Å². The minimum absolute atomic E-state index is 0.564. The molecule has 0 N–H and O–H groups in total. The van der Waals surface area contributed by atoms with Crippen molar-refractivity contribution in [2.45, 2.75) is 0 Å². The summed E-state index contributed by atoms with van der Waals surface area (Å²) in [5, 5.41) is 2.48. The van der Waals surface area contributed by atoms with Gasteiger partial charge in [-0.3, -0.25) is 0 Å². The molecule has 26 heavy (non-hydrogen) atoms. The van der Waals surface area contributed by atoms with Gasteiger partial charge in [0.25, 0.3) is 0 Å². The van der Waals surface area contributed by atoms with E-state index in [4.69, 9.17) is 21.1 Å². The van der Waals surface area contributed by atoms with Crippen molar-refractivity contribution in [3.8, 4) is 23.0 Å². The number of benzene rings is 4. The van der Waals surface area contributed by atoms with Crippen LogP contribution in [0.2, 0.25) is 5.02 Å². The number of hydrogen-bond acceptors (Lipinski definition) is 2. The summed E-state index contributed by atoms with van der Waals surface area (Å²) in [6.07, 6.45) is 0. The molecule has 0 unspecified atom stereocenters. The Morgan fingerprint density at radius 1 is 0.577 bits per heavy atom. The van der Waals surface area contributed by atoms with Crippen LogP contribution in [-0.2, 0) is 0 Å². The van der Waals surface area contributed by atoms with Crippen molar-refractivity contribution in [3.63, 3.8) is 0 Å². The zero-order valence-electron chi connectivity index (χ0n) is 13.7. The van der Waals surface area contributed by atoms with Gasteiger partial charge in [0, 0.05) is 0 Å². The van der Waals surface area contributed by atoms with Gasteiger partial charge in [-0.2, -0.15) is 0 Å². The lowest BCUT2D eigenvalue weighted by Crippen LogP contribution is -1.91. The van der Waals surface area contributed by atoms with Gasteiger partial charge in [-0.25, -0.2) is 0 Å². The standard InChI is InChI=1S/C22H14BrClO2/c23-16-9-1-3-11-18(16)25-20-13-5-7-15-8-6-14-21(22(15)20)26-19-12-4-2-10-17(19)24/h1-14H. The smallest absolute Gasteiger partial charge is 0.146 e. The summed E-state index contributed by atoms with van der Waals surface area (Å²) in [6.45, 7) is 0. The lowest BCUT2D eigenvalue weighted by Gasteiger charge is -2.14. The highest BCUT2D eigenvalue weighted by molar-refractivity contribution is 9.10. The third-order valence-electron chi connectivity index (χ3n) is 3.94. The average molecular weight is 426 g/mol. The average Bonchev–Trinajstić information content (AvgIpc) is 2.66. The van der Waals surface area contributed by atoms with Crippen LogP contribution in [0.15, 0.2) is 89.4 Å². The van der Waals surface area contributed by atoms with E-state index >= 15 is 0 Å². The fourth-order valence-electron chi connectivity index (χ4n) is 2.74. The molecule has 0 saturated heterocycles. The maximum atomic E-state index is 6.25. The number of ether oxygens (including phenoxy) is 2. The highest BCUT2D eigenvalue weighted by atomic mass is 79.9. The number of para-hydroxylation sites is 2. The summed E-state index contributed by atoms with van der Waals surface area (Å²) < 4.78 is 13.2. The zero-order valence-corrected chi connectivity index (χ0v) is 16.0. The number of rotatable bonds is 4. The summed E-state index contributed by atoms with van der Waals surface area (Å²) >= 11 is 9.78. The van der Waals surface area contributed by atoms with Gasteiger partial charge in [0.2, 0.25) is 0 Å². The minimum atomic E-state index is 0.564. The maximum Gasteiger partial charge on any atom is 0.146 e. The highest BCUT2D eigenvalue weighted by Gasteiger charge is 2.12. The van der Waals surface area contributed by atoms with Gasteiger partial charge < -0.3 is 9.47 Å². The van der Waals surface area contributed by atoms with Gasteiger partial charge in [0.05, 0.1) is 14.9 Å². The molecule has 0 spiro atoms. The molecule has 4 aromatic carbocycles. The van der Waals surface area contributed by atoms with Crippen molar-refractivity contribution in [2.75, 3.05) is 0 Å². The molecule has 2 nitrogen and oxygen atoms in total. The normalized spacial score (nSPS) is 10.7. The summed E-state index contributed by atoms with van der Waals surface area (Å²) in [5.74, 6) is 2.76. The fourth-order valence-corrected chi connectivity index (χ4v) is 3.28. The van der Waals surface area contributed by atoms with Gasteiger partial charge in [0.15, 0.2) is 0 Å². The van der Waals surface area contributed by atoms with Crippen molar-refractivity contribution < 1.29 is 9.47 Å². The lowest BCUT2D eigenvalue weighted by molar-refractivity contribution is 0.471. The molecule has 0 radical (unpaired) electrons. The molecule has 0 aromatic heterocycles. The monoisotopic (exact) mass is 424 g/mol. The van der Waals surface area contributed by atoms with Crippen LogP contribution >= 0.6 is 27.5 Å². The van der Waals surface area contributed by atoms with Gasteiger partial charge in [-0.1, -0.05) is 60.1 Å². The topological polar surface area (TPSA) is 18.5 Å². The summed E-state index contributed by atoms with van der Waals surface area (Å²) in [5.41, 5.74) is 0. The third kappa shape index (κ3) is 3.41. The molecule has 0 heterocycles. The molecule has 0 saturated carbocycles. The van der Waals surface area contributed by atoms with E-state index in [1.165, 1.54) is 0 Å². The molecule has 4 rings (SSSR count). The van der Waals surface area contributed by atoms with Crippen LogP contribution in [0.4, 0.5) is 0 Å². The van der Waals surface area contributed by atoms with Crippen molar-refractivity contribution in [2.24, 2.45) is 0 Å². The number of fused-ring (bicyclic) bond motifs is 1. The second-order valence-corrected chi connectivity index (χ2v) is 6.94. The molecule has 0 fully saturated rings. The van der Waals surface area contributed by atoms with E-state index in [1.807, 2.05) is 78.9 Å². The first kappa shape index (κ1) is 17.0. The Kier molecular flexibility index (Phi) is 4.83. The molecule has 128 valence electrons. The maximum absolute atomic E-state index is 6.25. The van der Waals surface area contributed by atoms with E-state index in [9.17, 15) is 0 Å². The fraction of sp³-hybridized carbons (Fsp3) is 0. The van der Waals surface area contributed by atoms with Crippen molar-refractivity contribution in [1.29, 1.82) is 0 Å². The Bertz CT molecular complexity index is 996. The molecular formula is C22H14BrClO2. The predicted molar refractivity (Wildman–Crippen MR) is 110 cm³/mol. The van der Waals surface area contributed by atoms with Crippen LogP contribution < -0.4 is 9.47 Å². The van der Waals surface area contributed by atoms with Crippen molar-refractivity contribution in [3.05, 3.63) is 94.4 Å². The second-order valence-electron chi connectivity index (χ2n) is 5.68.